The van der Waals surface area contributed by atoms with Crippen LogP contribution in [0.15, 0.2) is 47.4 Å². The number of amides is 3. The average Bonchev–Trinajstić information content (AvgIpc) is 3.07. The standard InChI is InChI=1S/C23H22N2O8S/c1-13(22(28)29)33-17-9-4-14(10-18(17)32-3)11-19-21(27)25(23(30)34-19)12-20(26)24-15-5-7-16(31-2)8-6-15/h4-11,13H,12H2,1-3H3,(H,24,26)(H,28,29)/b19-11-/t13-/m1/s1. The summed E-state index contributed by atoms with van der Waals surface area (Å²) < 4.78 is 15.7. The van der Waals surface area contributed by atoms with E-state index in [0.29, 0.717) is 28.8 Å². The van der Waals surface area contributed by atoms with E-state index in [9.17, 15) is 19.2 Å². The number of rotatable bonds is 9. The minimum atomic E-state index is -1.13. The predicted octanol–water partition coefficient (Wildman–Crippen LogP) is 3.23. The van der Waals surface area contributed by atoms with Crippen molar-refractivity contribution in [3.8, 4) is 17.2 Å². The minimum Gasteiger partial charge on any atom is -0.497 e. The van der Waals surface area contributed by atoms with Crippen LogP contribution in [0.1, 0.15) is 12.5 Å². The van der Waals surface area contributed by atoms with Crippen molar-refractivity contribution < 1.29 is 38.5 Å². The fourth-order valence-corrected chi connectivity index (χ4v) is 3.76. The van der Waals surface area contributed by atoms with E-state index in [1.165, 1.54) is 33.3 Å². The molecule has 1 fully saturated rings. The van der Waals surface area contributed by atoms with Crippen LogP contribution < -0.4 is 19.5 Å². The second kappa shape index (κ2) is 10.8. The molecule has 0 aliphatic carbocycles. The Bertz CT molecular complexity index is 1150. The van der Waals surface area contributed by atoms with E-state index < -0.39 is 35.7 Å². The fourth-order valence-electron chi connectivity index (χ4n) is 2.92. The zero-order valence-electron chi connectivity index (χ0n) is 18.6. The van der Waals surface area contributed by atoms with Crippen LogP contribution in [0.2, 0.25) is 0 Å². The Morgan fingerprint density at radius 2 is 1.79 bits per heavy atom. The van der Waals surface area contributed by atoms with Crippen LogP contribution in [0.5, 0.6) is 17.2 Å². The van der Waals surface area contributed by atoms with Gasteiger partial charge in [0.05, 0.1) is 19.1 Å². The van der Waals surface area contributed by atoms with Gasteiger partial charge < -0.3 is 24.6 Å². The number of anilines is 1. The molecule has 34 heavy (non-hydrogen) atoms. The van der Waals surface area contributed by atoms with Crippen molar-refractivity contribution in [3.05, 3.63) is 52.9 Å². The van der Waals surface area contributed by atoms with E-state index in [4.69, 9.17) is 19.3 Å². The van der Waals surface area contributed by atoms with Crippen LogP contribution >= 0.6 is 11.8 Å². The summed E-state index contributed by atoms with van der Waals surface area (Å²) in [5.41, 5.74) is 1.03. The van der Waals surface area contributed by atoms with E-state index >= 15 is 0 Å². The Morgan fingerprint density at radius 1 is 1.09 bits per heavy atom. The molecule has 0 bridgehead atoms. The number of benzene rings is 2. The third-order valence-electron chi connectivity index (χ3n) is 4.69. The molecule has 1 aliphatic rings. The number of thioether (sulfide) groups is 1. The fraction of sp³-hybridized carbons (Fsp3) is 0.217. The Kier molecular flexibility index (Phi) is 7.79. The largest absolute Gasteiger partial charge is 0.497 e. The molecule has 2 aromatic carbocycles. The lowest BCUT2D eigenvalue weighted by Crippen LogP contribution is -2.36. The molecule has 0 radical (unpaired) electrons. The molecule has 1 saturated heterocycles. The van der Waals surface area contributed by atoms with E-state index in [1.54, 1.807) is 36.4 Å². The lowest BCUT2D eigenvalue weighted by molar-refractivity contribution is -0.144. The minimum absolute atomic E-state index is 0.136. The van der Waals surface area contributed by atoms with Crippen LogP contribution in [0.3, 0.4) is 0 Å². The van der Waals surface area contributed by atoms with Crippen molar-refractivity contribution in [2.24, 2.45) is 0 Å². The van der Waals surface area contributed by atoms with Crippen LogP contribution in [-0.2, 0) is 14.4 Å². The normalized spacial score (nSPS) is 15.3. The van der Waals surface area contributed by atoms with Gasteiger partial charge in [0.1, 0.15) is 12.3 Å². The van der Waals surface area contributed by atoms with E-state index in [1.807, 2.05) is 0 Å². The summed E-state index contributed by atoms with van der Waals surface area (Å²) in [4.78, 5) is 49.4. The maximum Gasteiger partial charge on any atom is 0.344 e. The highest BCUT2D eigenvalue weighted by atomic mass is 32.2. The highest BCUT2D eigenvalue weighted by Gasteiger charge is 2.36. The molecule has 2 N–H and O–H groups in total. The number of nitrogens with zero attached hydrogens (tertiary/aromatic N) is 1. The van der Waals surface area contributed by atoms with Gasteiger partial charge >= 0.3 is 5.97 Å². The monoisotopic (exact) mass is 486 g/mol. The van der Waals surface area contributed by atoms with E-state index in [2.05, 4.69) is 5.32 Å². The van der Waals surface area contributed by atoms with Gasteiger partial charge in [0.2, 0.25) is 5.91 Å². The Labute approximate surface area is 199 Å². The number of carboxylic acid groups (broad SMARTS) is 1. The van der Waals surface area contributed by atoms with Crippen LogP contribution in [0.25, 0.3) is 6.08 Å². The molecule has 10 nitrogen and oxygen atoms in total. The second-order valence-electron chi connectivity index (χ2n) is 7.05. The summed E-state index contributed by atoms with van der Waals surface area (Å²) in [6.07, 6.45) is 0.402. The number of nitrogens with one attached hydrogen (secondary N) is 1. The molecule has 3 rings (SSSR count). The van der Waals surface area contributed by atoms with Crippen LogP contribution in [0.4, 0.5) is 10.5 Å². The van der Waals surface area contributed by atoms with Crippen molar-refractivity contribution in [1.29, 1.82) is 0 Å². The van der Waals surface area contributed by atoms with Gasteiger partial charge in [-0.1, -0.05) is 6.07 Å². The third kappa shape index (κ3) is 5.87. The van der Waals surface area contributed by atoms with Gasteiger partial charge in [-0.25, -0.2) is 4.79 Å². The van der Waals surface area contributed by atoms with Gasteiger partial charge in [0.25, 0.3) is 11.1 Å². The zero-order chi connectivity index (χ0) is 24.8. The summed E-state index contributed by atoms with van der Waals surface area (Å²) in [6, 6.07) is 11.3. The molecule has 1 atom stereocenters. The number of hydrogen-bond acceptors (Lipinski definition) is 8. The Morgan fingerprint density at radius 3 is 2.41 bits per heavy atom. The molecule has 0 unspecified atom stereocenters. The first kappa shape index (κ1) is 24.6. The molecule has 3 amide bonds. The molecular formula is C23H22N2O8S. The van der Waals surface area contributed by atoms with E-state index in [-0.39, 0.29) is 16.4 Å². The van der Waals surface area contributed by atoms with Gasteiger partial charge in [-0.2, -0.15) is 0 Å². The van der Waals surface area contributed by atoms with Crippen molar-refractivity contribution >= 4 is 46.5 Å². The van der Waals surface area contributed by atoms with Crippen molar-refractivity contribution in [1.82, 2.24) is 4.90 Å². The Hall–Kier alpha value is -3.99. The molecule has 1 heterocycles. The first-order chi connectivity index (χ1) is 16.2. The number of carbonyl (C=O) groups is 4. The SMILES string of the molecule is COc1ccc(NC(=O)CN2C(=O)S/C(=C\c3ccc(O[C@H](C)C(=O)O)c(OC)c3)C2=O)cc1. The predicted molar refractivity (Wildman–Crippen MR) is 125 cm³/mol. The summed E-state index contributed by atoms with van der Waals surface area (Å²) in [6.45, 7) is 0.952. The molecule has 0 saturated carbocycles. The molecule has 11 heteroatoms. The maximum absolute atomic E-state index is 12.7. The smallest absolute Gasteiger partial charge is 0.344 e. The van der Waals surface area contributed by atoms with Gasteiger partial charge in [-0.3, -0.25) is 19.3 Å². The van der Waals surface area contributed by atoms with Gasteiger partial charge in [-0.15, -0.1) is 0 Å². The number of hydrogen-bond donors (Lipinski definition) is 2. The number of carbonyl (C=O) groups excluding carboxylic acids is 3. The third-order valence-corrected chi connectivity index (χ3v) is 5.59. The molecular weight excluding hydrogens is 464 g/mol. The summed E-state index contributed by atoms with van der Waals surface area (Å²) in [5, 5.41) is 11.1. The molecule has 178 valence electrons. The van der Waals surface area contributed by atoms with Crippen LogP contribution in [0, 0.1) is 0 Å². The lowest BCUT2D eigenvalue weighted by atomic mass is 10.2. The first-order valence-electron chi connectivity index (χ1n) is 9.98. The number of imide groups is 1. The number of ether oxygens (including phenoxy) is 3. The zero-order valence-corrected chi connectivity index (χ0v) is 19.4. The highest BCUT2D eigenvalue weighted by Crippen LogP contribution is 2.34. The van der Waals surface area contributed by atoms with Crippen molar-refractivity contribution in [2.75, 3.05) is 26.1 Å². The highest BCUT2D eigenvalue weighted by molar-refractivity contribution is 8.18. The van der Waals surface area contributed by atoms with Gasteiger partial charge in [0.15, 0.2) is 17.6 Å². The Balaban J connectivity index is 1.69. The van der Waals surface area contributed by atoms with E-state index in [0.717, 1.165) is 4.90 Å². The maximum atomic E-state index is 12.7. The van der Waals surface area contributed by atoms with Crippen molar-refractivity contribution in [3.63, 3.8) is 0 Å². The average molecular weight is 487 g/mol. The molecule has 0 spiro atoms. The summed E-state index contributed by atoms with van der Waals surface area (Å²) in [5.74, 6) is -1.14. The van der Waals surface area contributed by atoms with Crippen molar-refractivity contribution in [2.45, 2.75) is 13.0 Å². The van der Waals surface area contributed by atoms with Gasteiger partial charge in [-0.05, 0) is 66.7 Å². The molecule has 2 aromatic rings. The second-order valence-corrected chi connectivity index (χ2v) is 8.05. The first-order valence-corrected chi connectivity index (χ1v) is 10.8. The summed E-state index contributed by atoms with van der Waals surface area (Å²) in [7, 11) is 2.92. The van der Waals surface area contributed by atoms with Crippen LogP contribution in [-0.4, -0.2) is 59.9 Å². The number of aliphatic carboxylic acids is 1. The number of carboxylic acids is 1. The van der Waals surface area contributed by atoms with Gasteiger partial charge in [0, 0.05) is 5.69 Å². The summed E-state index contributed by atoms with van der Waals surface area (Å²) >= 11 is 0.714. The number of methoxy groups -OCH3 is 2. The molecule has 0 aromatic heterocycles. The lowest BCUT2D eigenvalue weighted by Gasteiger charge is -2.14. The topological polar surface area (TPSA) is 131 Å². The molecule has 1 aliphatic heterocycles. The quantitative estimate of drug-likeness (QED) is 0.513.